The molecule has 0 aromatic heterocycles. The molecule has 0 aliphatic heterocycles. The van der Waals surface area contributed by atoms with Crippen LogP contribution in [0.4, 0.5) is 5.69 Å². The van der Waals surface area contributed by atoms with Gasteiger partial charge in [-0.3, -0.25) is 0 Å². The van der Waals surface area contributed by atoms with Gasteiger partial charge in [-0.25, -0.2) is 0 Å². The summed E-state index contributed by atoms with van der Waals surface area (Å²) in [6, 6.07) is 8.55. The van der Waals surface area contributed by atoms with E-state index < -0.39 is 0 Å². The minimum Gasteiger partial charge on any atom is -0.398 e. The highest BCUT2D eigenvalue weighted by Gasteiger charge is 1.81. The van der Waals surface area contributed by atoms with Gasteiger partial charge in [0.1, 0.15) is 0 Å². The van der Waals surface area contributed by atoms with Crippen LogP contribution in [0.15, 0.2) is 18.2 Å². The van der Waals surface area contributed by atoms with Crippen LogP contribution in [0.5, 0.6) is 0 Å². The first-order chi connectivity index (χ1) is 3.79. The third-order valence-corrected chi connectivity index (χ3v) is 0.992. The first-order valence-corrected chi connectivity index (χ1v) is 2.53. The van der Waals surface area contributed by atoms with E-state index in [0.717, 1.165) is 0 Å². The van der Waals surface area contributed by atoms with E-state index in [4.69, 9.17) is 5.73 Å². The maximum Gasteiger partial charge on any atom is 0.0394 e. The molecule has 0 spiro atoms. The van der Waals surface area contributed by atoms with Crippen LogP contribution < -0.4 is 5.73 Å². The van der Waals surface area contributed by atoms with Crippen molar-refractivity contribution < 1.29 is 0 Å². The van der Waals surface area contributed by atoms with E-state index in [1.807, 2.05) is 25.1 Å². The Kier molecular flexibility index (Phi) is 1.20. The van der Waals surface area contributed by atoms with E-state index in [1.165, 1.54) is 5.56 Å². The normalized spacial score (nSPS) is 9.12. The van der Waals surface area contributed by atoms with E-state index in [9.17, 15) is 0 Å². The summed E-state index contributed by atoms with van der Waals surface area (Å²) in [5, 5.41) is 0. The Hall–Kier alpha value is -0.980. The number of hydrogen-bond acceptors (Lipinski definition) is 1. The molecule has 41 valence electrons. The zero-order chi connectivity index (χ0) is 5.98. The summed E-state index contributed by atoms with van der Waals surface area (Å²) in [6.45, 7) is 2.01. The minimum atomic E-state index is 0.704. The molecule has 2 N–H and O–H groups in total. The van der Waals surface area contributed by atoms with Crippen molar-refractivity contribution in [1.29, 1.82) is 0 Å². The second kappa shape index (κ2) is 1.86. The van der Waals surface area contributed by atoms with E-state index >= 15 is 0 Å². The van der Waals surface area contributed by atoms with E-state index in [1.54, 1.807) is 0 Å². The molecule has 1 rings (SSSR count). The summed E-state index contributed by atoms with van der Waals surface area (Å²) in [6.07, 6.45) is 0. The van der Waals surface area contributed by atoms with Crippen LogP contribution in [0.1, 0.15) is 5.56 Å². The lowest BCUT2D eigenvalue weighted by Gasteiger charge is -1.89. The van der Waals surface area contributed by atoms with Crippen molar-refractivity contribution in [2.24, 2.45) is 0 Å². The minimum absolute atomic E-state index is 0.704. The van der Waals surface area contributed by atoms with Crippen molar-refractivity contribution in [3.63, 3.8) is 0 Å². The summed E-state index contributed by atoms with van der Waals surface area (Å²) in [5.74, 6) is 0. The van der Waals surface area contributed by atoms with Crippen LogP contribution in [0, 0.1) is 13.0 Å². The fourth-order valence-corrected chi connectivity index (χ4v) is 0.515. The number of anilines is 1. The van der Waals surface area contributed by atoms with E-state index in [-0.39, 0.29) is 0 Å². The molecular weight excluding hydrogens is 98.1 g/mol. The summed E-state index contributed by atoms with van der Waals surface area (Å²) in [4.78, 5) is 0. The van der Waals surface area contributed by atoms with Crippen LogP contribution in [-0.2, 0) is 0 Å². The Labute approximate surface area is 49.1 Å². The highest BCUT2D eigenvalue weighted by atomic mass is 14.5. The van der Waals surface area contributed by atoms with Crippen molar-refractivity contribution in [3.8, 4) is 0 Å². The SMILES string of the molecule is Cc1c[c]c(N)cc1. The number of rotatable bonds is 0. The second-order valence-corrected chi connectivity index (χ2v) is 1.82. The van der Waals surface area contributed by atoms with Crippen molar-refractivity contribution in [2.45, 2.75) is 6.92 Å². The number of aryl methyl sites for hydroxylation is 1. The fraction of sp³-hybridized carbons (Fsp3) is 0.143. The lowest BCUT2D eigenvalue weighted by molar-refractivity contribution is 1.47. The van der Waals surface area contributed by atoms with Crippen LogP contribution in [0.2, 0.25) is 0 Å². The third kappa shape index (κ3) is 0.997. The van der Waals surface area contributed by atoms with Crippen LogP contribution in [-0.4, -0.2) is 0 Å². The lowest BCUT2D eigenvalue weighted by atomic mass is 10.2. The van der Waals surface area contributed by atoms with Gasteiger partial charge < -0.3 is 5.73 Å². The topological polar surface area (TPSA) is 26.0 Å². The van der Waals surface area contributed by atoms with Crippen LogP contribution in [0.3, 0.4) is 0 Å². The van der Waals surface area contributed by atoms with Gasteiger partial charge in [0, 0.05) is 11.8 Å². The monoisotopic (exact) mass is 106 g/mol. The molecule has 0 saturated carbocycles. The predicted octanol–water partition coefficient (Wildman–Crippen LogP) is 1.38. The highest BCUT2D eigenvalue weighted by molar-refractivity contribution is 5.37. The Bertz CT molecular complexity index is 143. The van der Waals surface area contributed by atoms with Crippen LogP contribution in [0.25, 0.3) is 0 Å². The summed E-state index contributed by atoms with van der Waals surface area (Å²) >= 11 is 0. The van der Waals surface area contributed by atoms with Crippen molar-refractivity contribution in [2.75, 3.05) is 5.73 Å². The predicted molar refractivity (Wildman–Crippen MR) is 34.4 cm³/mol. The van der Waals surface area contributed by atoms with E-state index in [2.05, 4.69) is 6.07 Å². The maximum absolute atomic E-state index is 5.37. The molecule has 0 bridgehead atoms. The molecule has 1 heteroatoms. The first-order valence-electron chi connectivity index (χ1n) is 2.53. The Balaban J connectivity index is 3.03. The van der Waals surface area contributed by atoms with E-state index in [0.29, 0.717) is 5.69 Å². The van der Waals surface area contributed by atoms with Gasteiger partial charge in [-0.05, 0) is 19.1 Å². The summed E-state index contributed by atoms with van der Waals surface area (Å²) in [5.41, 5.74) is 7.27. The highest BCUT2D eigenvalue weighted by Crippen LogP contribution is 2.01. The molecule has 0 heterocycles. The zero-order valence-electron chi connectivity index (χ0n) is 4.81. The van der Waals surface area contributed by atoms with Gasteiger partial charge in [0.2, 0.25) is 0 Å². The number of nitrogen functional groups attached to an aromatic ring is 1. The summed E-state index contributed by atoms with van der Waals surface area (Å²) in [7, 11) is 0. The molecule has 0 aliphatic carbocycles. The molecule has 8 heavy (non-hydrogen) atoms. The van der Waals surface area contributed by atoms with Gasteiger partial charge in [0.25, 0.3) is 0 Å². The Morgan fingerprint density at radius 3 is 2.62 bits per heavy atom. The van der Waals surface area contributed by atoms with Crippen molar-refractivity contribution in [1.82, 2.24) is 0 Å². The molecule has 0 atom stereocenters. The van der Waals surface area contributed by atoms with Gasteiger partial charge in [-0.15, -0.1) is 0 Å². The Morgan fingerprint density at radius 2 is 2.25 bits per heavy atom. The molecular formula is C7H8N. The second-order valence-electron chi connectivity index (χ2n) is 1.82. The molecule has 0 unspecified atom stereocenters. The average Bonchev–Trinajstić information content (AvgIpc) is 1.77. The Morgan fingerprint density at radius 1 is 1.50 bits per heavy atom. The van der Waals surface area contributed by atoms with Gasteiger partial charge >= 0.3 is 0 Å². The zero-order valence-corrected chi connectivity index (χ0v) is 4.81. The van der Waals surface area contributed by atoms with Gasteiger partial charge in [-0.1, -0.05) is 11.6 Å². The van der Waals surface area contributed by atoms with Crippen LogP contribution >= 0.6 is 0 Å². The largest absolute Gasteiger partial charge is 0.398 e. The fourth-order valence-electron chi connectivity index (χ4n) is 0.515. The average molecular weight is 106 g/mol. The smallest absolute Gasteiger partial charge is 0.0394 e. The van der Waals surface area contributed by atoms with Gasteiger partial charge in [0.05, 0.1) is 0 Å². The number of nitrogens with two attached hydrogens (primary N) is 1. The number of benzene rings is 1. The summed E-state index contributed by atoms with van der Waals surface area (Å²) < 4.78 is 0. The maximum atomic E-state index is 5.37. The molecule has 0 saturated heterocycles. The third-order valence-electron chi connectivity index (χ3n) is 0.992. The molecule has 0 fully saturated rings. The number of hydrogen-bond donors (Lipinski definition) is 1. The first kappa shape index (κ1) is 5.16. The molecule has 0 amide bonds. The molecule has 1 aromatic carbocycles. The van der Waals surface area contributed by atoms with Crippen molar-refractivity contribution >= 4 is 5.69 Å². The lowest BCUT2D eigenvalue weighted by Crippen LogP contribution is -1.82. The molecule has 1 radical (unpaired) electrons. The quantitative estimate of drug-likeness (QED) is 0.497. The van der Waals surface area contributed by atoms with Gasteiger partial charge in [0.15, 0.2) is 0 Å². The molecule has 0 aliphatic rings. The van der Waals surface area contributed by atoms with Gasteiger partial charge in [-0.2, -0.15) is 0 Å². The molecule has 1 nitrogen and oxygen atoms in total. The van der Waals surface area contributed by atoms with Crippen molar-refractivity contribution in [3.05, 3.63) is 29.8 Å². The molecule has 1 aromatic rings. The standard InChI is InChI=1S/C7H8N/c1-6-2-4-7(8)5-3-6/h2-4H,8H2,1H3.